The van der Waals surface area contributed by atoms with E-state index in [1.165, 1.54) is 5.56 Å². The number of aromatic nitrogens is 2. The van der Waals surface area contributed by atoms with Gasteiger partial charge in [0.15, 0.2) is 0 Å². The molecule has 1 aromatic heterocycles. The summed E-state index contributed by atoms with van der Waals surface area (Å²) < 4.78 is 7.94. The molecular formula is C22H23N3O2. The first-order valence-electron chi connectivity index (χ1n) is 9.76. The molecule has 3 aromatic rings. The Morgan fingerprint density at radius 3 is 2.85 bits per heavy atom. The molecule has 2 aliphatic heterocycles. The lowest BCUT2D eigenvalue weighted by Gasteiger charge is -2.30. The number of hydrogen-bond acceptors (Lipinski definition) is 3. The van der Waals surface area contributed by atoms with E-state index in [0.717, 1.165) is 61.4 Å². The molecular weight excluding hydrogens is 338 g/mol. The molecule has 0 N–H and O–H groups in total. The summed E-state index contributed by atoms with van der Waals surface area (Å²) in [7, 11) is 0. The van der Waals surface area contributed by atoms with Gasteiger partial charge in [0.2, 0.25) is 5.91 Å². The van der Waals surface area contributed by atoms with Crippen molar-refractivity contribution in [3.63, 3.8) is 0 Å². The van der Waals surface area contributed by atoms with Crippen LogP contribution in [-0.2, 0) is 22.5 Å². The Kier molecular flexibility index (Phi) is 4.17. The number of fused-ring (bicyclic) bond motifs is 2. The fourth-order valence-electron chi connectivity index (χ4n) is 4.30. The minimum atomic E-state index is -0.0150. The maximum atomic E-state index is 13.3. The SMILES string of the molecule is O=C(Cn1c([C@H]2CCCO2)nc2ccccc21)N1CCCc2ccccc21. The molecule has 0 aliphatic carbocycles. The van der Waals surface area contributed by atoms with Gasteiger partial charge in [0.05, 0.1) is 11.0 Å². The number of hydrogen-bond donors (Lipinski definition) is 0. The lowest BCUT2D eigenvalue weighted by Crippen LogP contribution is -2.38. The van der Waals surface area contributed by atoms with E-state index in [1.54, 1.807) is 0 Å². The number of carbonyl (C=O) groups excluding carboxylic acids is 1. The highest BCUT2D eigenvalue weighted by molar-refractivity contribution is 5.95. The first-order chi connectivity index (χ1) is 13.3. The molecule has 0 saturated carbocycles. The van der Waals surface area contributed by atoms with E-state index in [-0.39, 0.29) is 12.0 Å². The lowest BCUT2D eigenvalue weighted by atomic mass is 10.0. The maximum Gasteiger partial charge on any atom is 0.246 e. The van der Waals surface area contributed by atoms with Gasteiger partial charge in [-0.15, -0.1) is 0 Å². The van der Waals surface area contributed by atoms with E-state index < -0.39 is 0 Å². The topological polar surface area (TPSA) is 47.4 Å². The molecule has 1 saturated heterocycles. The van der Waals surface area contributed by atoms with E-state index in [2.05, 4.69) is 16.7 Å². The van der Waals surface area contributed by atoms with Crippen LogP contribution in [0.4, 0.5) is 5.69 Å². The third-order valence-corrected chi connectivity index (χ3v) is 5.61. The van der Waals surface area contributed by atoms with Gasteiger partial charge in [0.1, 0.15) is 18.5 Å². The van der Waals surface area contributed by atoms with Crippen LogP contribution in [0.25, 0.3) is 11.0 Å². The molecule has 138 valence electrons. The highest BCUT2D eigenvalue weighted by Gasteiger charge is 2.28. The number of nitrogens with zero attached hydrogens (tertiary/aromatic N) is 3. The van der Waals surface area contributed by atoms with E-state index in [1.807, 2.05) is 41.3 Å². The molecule has 1 fully saturated rings. The predicted molar refractivity (Wildman–Crippen MR) is 105 cm³/mol. The average Bonchev–Trinajstić information content (AvgIpc) is 3.36. The van der Waals surface area contributed by atoms with Crippen molar-refractivity contribution in [3.05, 3.63) is 59.9 Å². The van der Waals surface area contributed by atoms with Crippen LogP contribution in [0.5, 0.6) is 0 Å². The summed E-state index contributed by atoms with van der Waals surface area (Å²) in [5, 5.41) is 0. The van der Waals surface area contributed by atoms with Gasteiger partial charge in [-0.2, -0.15) is 0 Å². The molecule has 5 nitrogen and oxygen atoms in total. The van der Waals surface area contributed by atoms with Crippen molar-refractivity contribution in [1.82, 2.24) is 9.55 Å². The number of carbonyl (C=O) groups is 1. The first kappa shape index (κ1) is 16.5. The molecule has 0 spiro atoms. The largest absolute Gasteiger partial charge is 0.370 e. The minimum Gasteiger partial charge on any atom is -0.370 e. The number of ether oxygens (including phenoxy) is 1. The zero-order chi connectivity index (χ0) is 18.2. The van der Waals surface area contributed by atoms with Crippen molar-refractivity contribution < 1.29 is 9.53 Å². The van der Waals surface area contributed by atoms with Crippen LogP contribution in [-0.4, -0.2) is 28.6 Å². The lowest BCUT2D eigenvalue weighted by molar-refractivity contribution is -0.119. The maximum absolute atomic E-state index is 13.3. The third kappa shape index (κ3) is 2.92. The summed E-state index contributed by atoms with van der Waals surface area (Å²) in [6, 6.07) is 16.3. The van der Waals surface area contributed by atoms with E-state index in [9.17, 15) is 4.79 Å². The van der Waals surface area contributed by atoms with Gasteiger partial charge in [-0.05, 0) is 49.4 Å². The summed E-state index contributed by atoms with van der Waals surface area (Å²) >= 11 is 0. The second-order valence-corrected chi connectivity index (χ2v) is 7.32. The molecule has 0 bridgehead atoms. The average molecular weight is 361 g/mol. The number of aryl methyl sites for hydroxylation is 1. The van der Waals surface area contributed by atoms with Crippen molar-refractivity contribution in [1.29, 1.82) is 0 Å². The number of para-hydroxylation sites is 3. The van der Waals surface area contributed by atoms with Gasteiger partial charge < -0.3 is 14.2 Å². The van der Waals surface area contributed by atoms with Crippen LogP contribution in [0.3, 0.4) is 0 Å². The molecule has 2 aliphatic rings. The zero-order valence-electron chi connectivity index (χ0n) is 15.3. The molecule has 1 amide bonds. The van der Waals surface area contributed by atoms with Crippen molar-refractivity contribution in [2.45, 2.75) is 38.3 Å². The fourth-order valence-corrected chi connectivity index (χ4v) is 4.30. The van der Waals surface area contributed by atoms with Gasteiger partial charge in [0, 0.05) is 18.8 Å². The summed E-state index contributed by atoms with van der Waals surface area (Å²) in [4.78, 5) is 20.0. The number of benzene rings is 2. The Balaban J connectivity index is 1.51. The number of amides is 1. The number of anilines is 1. The summed E-state index contributed by atoms with van der Waals surface area (Å²) in [6.07, 6.45) is 4.03. The highest BCUT2D eigenvalue weighted by atomic mass is 16.5. The van der Waals surface area contributed by atoms with Crippen LogP contribution in [0, 0.1) is 0 Å². The minimum absolute atomic E-state index is 0.0150. The van der Waals surface area contributed by atoms with Crippen LogP contribution in [0.15, 0.2) is 48.5 Å². The molecule has 5 heteroatoms. The smallest absolute Gasteiger partial charge is 0.246 e. The quantitative estimate of drug-likeness (QED) is 0.711. The van der Waals surface area contributed by atoms with Crippen molar-refractivity contribution >= 4 is 22.6 Å². The van der Waals surface area contributed by atoms with Gasteiger partial charge in [0.25, 0.3) is 0 Å². The summed E-state index contributed by atoms with van der Waals surface area (Å²) in [5.41, 5.74) is 4.24. The molecule has 5 rings (SSSR count). The molecule has 3 heterocycles. The Labute approximate surface area is 158 Å². The van der Waals surface area contributed by atoms with Gasteiger partial charge >= 0.3 is 0 Å². The predicted octanol–water partition coefficient (Wildman–Crippen LogP) is 3.87. The monoisotopic (exact) mass is 361 g/mol. The standard InChI is InChI=1S/C22H23N3O2/c26-21(24-13-5-8-16-7-1-3-10-18(16)24)15-25-19-11-4-2-9-17(19)23-22(25)20-12-6-14-27-20/h1-4,7,9-11,20H,5-6,8,12-15H2/t20-/m1/s1. The van der Waals surface area contributed by atoms with Crippen LogP contribution in [0.2, 0.25) is 0 Å². The second kappa shape index (κ2) is 6.82. The van der Waals surface area contributed by atoms with Gasteiger partial charge in [-0.3, -0.25) is 4.79 Å². The molecule has 2 aromatic carbocycles. The van der Waals surface area contributed by atoms with Crippen molar-refractivity contribution in [3.8, 4) is 0 Å². The fraction of sp³-hybridized carbons (Fsp3) is 0.364. The second-order valence-electron chi connectivity index (χ2n) is 7.32. The molecule has 27 heavy (non-hydrogen) atoms. The normalized spacial score (nSPS) is 19.4. The third-order valence-electron chi connectivity index (χ3n) is 5.61. The van der Waals surface area contributed by atoms with Crippen LogP contribution in [0.1, 0.15) is 36.8 Å². The Morgan fingerprint density at radius 1 is 1.11 bits per heavy atom. The van der Waals surface area contributed by atoms with E-state index in [0.29, 0.717) is 6.54 Å². The number of imidazole rings is 1. The zero-order valence-corrected chi connectivity index (χ0v) is 15.3. The van der Waals surface area contributed by atoms with E-state index in [4.69, 9.17) is 9.72 Å². The van der Waals surface area contributed by atoms with Crippen molar-refractivity contribution in [2.75, 3.05) is 18.1 Å². The molecule has 1 atom stereocenters. The van der Waals surface area contributed by atoms with E-state index >= 15 is 0 Å². The Hall–Kier alpha value is -2.66. The van der Waals surface area contributed by atoms with Crippen LogP contribution >= 0.6 is 0 Å². The Morgan fingerprint density at radius 2 is 1.96 bits per heavy atom. The molecule has 0 radical (unpaired) electrons. The van der Waals surface area contributed by atoms with Gasteiger partial charge in [-0.25, -0.2) is 4.98 Å². The van der Waals surface area contributed by atoms with Gasteiger partial charge in [-0.1, -0.05) is 30.3 Å². The summed E-state index contributed by atoms with van der Waals surface area (Å²) in [6.45, 7) is 1.84. The summed E-state index contributed by atoms with van der Waals surface area (Å²) in [5.74, 6) is 0.997. The number of rotatable bonds is 3. The van der Waals surface area contributed by atoms with Crippen LogP contribution < -0.4 is 4.90 Å². The molecule has 0 unspecified atom stereocenters. The Bertz CT molecular complexity index is 988. The highest BCUT2D eigenvalue weighted by Crippen LogP contribution is 2.32. The first-order valence-corrected chi connectivity index (χ1v) is 9.76. The van der Waals surface area contributed by atoms with Crippen molar-refractivity contribution in [2.24, 2.45) is 0 Å².